The number of nitrogens with zero attached hydrogens (tertiary/aromatic N) is 1. The fourth-order valence-corrected chi connectivity index (χ4v) is 3.66. The first-order chi connectivity index (χ1) is 14.0. The van der Waals surface area contributed by atoms with E-state index in [0.29, 0.717) is 12.1 Å². The van der Waals surface area contributed by atoms with Gasteiger partial charge in [-0.2, -0.15) is 26.3 Å². The first-order valence-electron chi connectivity index (χ1n) is 9.65. The van der Waals surface area contributed by atoms with Crippen molar-refractivity contribution in [3.05, 3.63) is 34.9 Å². The minimum atomic E-state index is -4.98. The Morgan fingerprint density at radius 2 is 1.63 bits per heavy atom. The molecule has 0 spiro atoms. The van der Waals surface area contributed by atoms with E-state index < -0.39 is 35.0 Å². The molecule has 1 aliphatic heterocycles. The van der Waals surface area contributed by atoms with Crippen molar-refractivity contribution in [1.82, 2.24) is 14.9 Å². The predicted octanol–water partition coefficient (Wildman–Crippen LogP) is 4.42. The number of halogens is 6. The summed E-state index contributed by atoms with van der Waals surface area (Å²) in [4.78, 5) is 14.5. The number of likely N-dealkylation sites (tertiary alicyclic amines) is 1. The van der Waals surface area contributed by atoms with Crippen LogP contribution in [0.5, 0.6) is 0 Å². The number of carbonyl (C=O) groups excluding carboxylic acids is 1. The van der Waals surface area contributed by atoms with Crippen LogP contribution in [-0.2, 0) is 12.4 Å². The van der Waals surface area contributed by atoms with E-state index in [9.17, 15) is 31.1 Å². The Labute approximate surface area is 175 Å². The summed E-state index contributed by atoms with van der Waals surface area (Å²) in [7, 11) is 0. The van der Waals surface area contributed by atoms with Crippen molar-refractivity contribution in [2.75, 3.05) is 38.5 Å². The van der Waals surface area contributed by atoms with Gasteiger partial charge in [-0.1, -0.05) is 18.9 Å². The molecule has 1 saturated heterocycles. The summed E-state index contributed by atoms with van der Waals surface area (Å²) < 4.78 is 80.8. The van der Waals surface area contributed by atoms with Crippen molar-refractivity contribution in [2.45, 2.75) is 32.1 Å². The molecule has 1 aliphatic rings. The number of carbonyl (C=O) groups is 1. The van der Waals surface area contributed by atoms with Gasteiger partial charge < -0.3 is 10.2 Å². The van der Waals surface area contributed by atoms with Crippen LogP contribution in [0.15, 0.2) is 18.2 Å². The maximum absolute atomic E-state index is 12.9. The monoisotopic (exact) mass is 457 g/mol. The van der Waals surface area contributed by atoms with Crippen molar-refractivity contribution < 1.29 is 31.1 Å². The normalized spacial score (nSPS) is 16.6. The highest BCUT2D eigenvalue weighted by Gasteiger charge is 2.37. The Hall–Kier alpha value is -1.46. The van der Waals surface area contributed by atoms with Gasteiger partial charge in [0.2, 0.25) is 0 Å². The van der Waals surface area contributed by atoms with Gasteiger partial charge in [0.25, 0.3) is 5.91 Å². The highest BCUT2D eigenvalue weighted by Crippen LogP contribution is 2.36. The summed E-state index contributed by atoms with van der Waals surface area (Å²) in [5, 5.41) is 2.49. The van der Waals surface area contributed by atoms with Crippen LogP contribution in [-0.4, -0.2) is 49.3 Å². The zero-order chi connectivity index (χ0) is 22.4. The van der Waals surface area contributed by atoms with Crippen molar-refractivity contribution in [3.8, 4) is 0 Å². The Bertz CT molecular complexity index is 670. The minimum Gasteiger partial charge on any atom is -0.352 e. The SMILES string of the molecule is CCSNCCN1CCC(CNC(=O)c2cc(C(F)(F)F)cc(C(F)(F)F)c2)CC1. The highest BCUT2D eigenvalue weighted by molar-refractivity contribution is 7.97. The van der Waals surface area contributed by atoms with Crippen LogP contribution in [0.3, 0.4) is 0 Å². The number of hydrogen-bond donors (Lipinski definition) is 2. The summed E-state index contributed by atoms with van der Waals surface area (Å²) in [6, 6.07) is 0.920. The van der Waals surface area contributed by atoms with Gasteiger partial charge in [0.05, 0.1) is 11.1 Å². The van der Waals surface area contributed by atoms with Crippen LogP contribution in [0.1, 0.15) is 41.3 Å². The summed E-state index contributed by atoms with van der Waals surface area (Å²) in [5.74, 6) is 0.184. The molecular formula is C19H25F6N3OS. The Kier molecular flexibility index (Phi) is 8.86. The van der Waals surface area contributed by atoms with Crippen molar-refractivity contribution in [1.29, 1.82) is 0 Å². The van der Waals surface area contributed by atoms with Gasteiger partial charge in [-0.15, -0.1) is 0 Å². The molecule has 170 valence electrons. The Balaban J connectivity index is 1.91. The van der Waals surface area contributed by atoms with E-state index in [1.165, 1.54) is 0 Å². The number of rotatable bonds is 8. The molecule has 1 fully saturated rings. The number of benzene rings is 1. The largest absolute Gasteiger partial charge is 0.416 e. The van der Waals surface area contributed by atoms with E-state index in [4.69, 9.17) is 0 Å². The zero-order valence-corrected chi connectivity index (χ0v) is 17.3. The number of alkyl halides is 6. The lowest BCUT2D eigenvalue weighted by molar-refractivity contribution is -0.143. The van der Waals surface area contributed by atoms with Crippen LogP contribution in [0, 0.1) is 5.92 Å². The van der Waals surface area contributed by atoms with E-state index in [-0.39, 0.29) is 18.5 Å². The van der Waals surface area contributed by atoms with Crippen LogP contribution in [0.25, 0.3) is 0 Å². The van der Waals surface area contributed by atoms with Crippen molar-refractivity contribution in [3.63, 3.8) is 0 Å². The summed E-state index contributed by atoms with van der Waals surface area (Å²) >= 11 is 1.65. The standard InChI is InChI=1S/C19H25F6N3OS/c1-2-30-27-5-8-28-6-3-13(4-7-28)12-26-17(29)14-9-15(18(20,21)22)11-16(10-14)19(23,24)25/h9-11,13,27H,2-8,12H2,1H3,(H,26,29). The average molecular weight is 457 g/mol. The molecule has 11 heteroatoms. The smallest absolute Gasteiger partial charge is 0.352 e. The first kappa shape index (κ1) is 24.8. The summed E-state index contributed by atoms with van der Waals surface area (Å²) in [6.45, 7) is 5.70. The van der Waals surface area contributed by atoms with E-state index in [1.807, 2.05) is 0 Å². The molecule has 0 bridgehead atoms. The molecule has 30 heavy (non-hydrogen) atoms. The van der Waals surface area contributed by atoms with Crippen LogP contribution >= 0.6 is 11.9 Å². The molecule has 1 amide bonds. The molecule has 0 atom stereocenters. The Morgan fingerprint density at radius 1 is 1.07 bits per heavy atom. The molecule has 4 nitrogen and oxygen atoms in total. The molecule has 2 N–H and O–H groups in total. The van der Waals surface area contributed by atoms with E-state index in [2.05, 4.69) is 21.9 Å². The second-order valence-corrected chi connectivity index (χ2v) is 8.27. The lowest BCUT2D eigenvalue weighted by atomic mass is 9.96. The minimum absolute atomic E-state index is 0.0143. The molecule has 0 unspecified atom stereocenters. The van der Waals surface area contributed by atoms with Gasteiger partial charge >= 0.3 is 12.4 Å². The molecule has 0 saturated carbocycles. The van der Waals surface area contributed by atoms with Gasteiger partial charge in [-0.25, -0.2) is 0 Å². The average Bonchev–Trinajstić information content (AvgIpc) is 2.68. The first-order valence-corrected chi connectivity index (χ1v) is 10.6. The second kappa shape index (κ2) is 10.7. The molecule has 1 aromatic rings. The molecular weight excluding hydrogens is 432 g/mol. The third-order valence-corrected chi connectivity index (χ3v) is 5.58. The second-order valence-electron chi connectivity index (χ2n) is 7.12. The van der Waals surface area contributed by atoms with E-state index in [1.54, 1.807) is 11.9 Å². The third kappa shape index (κ3) is 7.66. The molecule has 1 heterocycles. The van der Waals surface area contributed by atoms with Gasteiger partial charge in [0.1, 0.15) is 0 Å². The lowest BCUT2D eigenvalue weighted by Crippen LogP contribution is -2.40. The number of amides is 1. The number of piperidine rings is 1. The van der Waals surface area contributed by atoms with Gasteiger partial charge in [-0.05, 0) is 50.0 Å². The van der Waals surface area contributed by atoms with Crippen LogP contribution < -0.4 is 10.0 Å². The molecule has 0 radical (unpaired) electrons. The summed E-state index contributed by atoms with van der Waals surface area (Å²) in [6.07, 6.45) is -8.35. The molecule has 1 aromatic carbocycles. The van der Waals surface area contributed by atoms with E-state index in [0.717, 1.165) is 44.8 Å². The molecule has 0 aromatic heterocycles. The van der Waals surface area contributed by atoms with Crippen LogP contribution in [0.2, 0.25) is 0 Å². The predicted molar refractivity (Wildman–Crippen MR) is 104 cm³/mol. The maximum atomic E-state index is 12.9. The topological polar surface area (TPSA) is 44.4 Å². The third-order valence-electron chi connectivity index (χ3n) is 4.88. The number of hydrogen-bond acceptors (Lipinski definition) is 4. The van der Waals surface area contributed by atoms with Crippen molar-refractivity contribution >= 4 is 17.9 Å². The quantitative estimate of drug-likeness (QED) is 0.345. The van der Waals surface area contributed by atoms with Gasteiger partial charge in [0, 0.05) is 31.0 Å². The summed E-state index contributed by atoms with van der Waals surface area (Å²) in [5.41, 5.74) is -3.63. The molecule has 0 aliphatic carbocycles. The van der Waals surface area contributed by atoms with Crippen LogP contribution in [0.4, 0.5) is 26.3 Å². The molecule has 2 rings (SSSR count). The van der Waals surface area contributed by atoms with Crippen molar-refractivity contribution in [2.24, 2.45) is 5.92 Å². The fourth-order valence-electron chi connectivity index (χ4n) is 3.22. The Morgan fingerprint density at radius 3 is 2.13 bits per heavy atom. The zero-order valence-electron chi connectivity index (χ0n) is 16.5. The maximum Gasteiger partial charge on any atom is 0.416 e. The highest BCUT2D eigenvalue weighted by atomic mass is 32.2. The van der Waals surface area contributed by atoms with Gasteiger partial charge in [-0.3, -0.25) is 9.52 Å². The number of nitrogens with one attached hydrogen (secondary N) is 2. The fraction of sp³-hybridized carbons (Fsp3) is 0.632. The van der Waals surface area contributed by atoms with E-state index >= 15 is 0 Å². The van der Waals surface area contributed by atoms with Gasteiger partial charge in [0.15, 0.2) is 0 Å². The lowest BCUT2D eigenvalue weighted by Gasteiger charge is -2.32.